The van der Waals surface area contributed by atoms with E-state index >= 15 is 0 Å². The third-order valence-electron chi connectivity index (χ3n) is 3.62. The molecule has 5 nitrogen and oxygen atoms in total. The van der Waals surface area contributed by atoms with Gasteiger partial charge < -0.3 is 9.15 Å². The first-order chi connectivity index (χ1) is 12.4. The van der Waals surface area contributed by atoms with E-state index in [0.29, 0.717) is 38.6 Å². The molecule has 0 aliphatic carbocycles. The van der Waals surface area contributed by atoms with Crippen molar-refractivity contribution in [1.82, 2.24) is 9.78 Å². The summed E-state index contributed by atoms with van der Waals surface area (Å²) >= 11 is 12.0. The van der Waals surface area contributed by atoms with Gasteiger partial charge in [0.25, 0.3) is 0 Å². The maximum absolute atomic E-state index is 12.2. The molecule has 0 saturated heterocycles. The van der Waals surface area contributed by atoms with Crippen LogP contribution in [0.15, 0.2) is 47.0 Å². The summed E-state index contributed by atoms with van der Waals surface area (Å²) in [5, 5.41) is 5.17. The molecule has 0 unspecified atom stereocenters. The van der Waals surface area contributed by atoms with Crippen molar-refractivity contribution in [3.63, 3.8) is 0 Å². The average Bonchev–Trinajstić information content (AvgIpc) is 3.19. The zero-order valence-electron chi connectivity index (χ0n) is 14.2. The number of furan rings is 1. The molecule has 1 aromatic carbocycles. The Morgan fingerprint density at radius 2 is 2.12 bits per heavy atom. The number of ketones is 1. The number of allylic oxidation sites excluding steroid dienone is 1. The van der Waals surface area contributed by atoms with E-state index in [2.05, 4.69) is 5.10 Å². The molecule has 2 heterocycles. The van der Waals surface area contributed by atoms with Crippen molar-refractivity contribution in [2.75, 3.05) is 0 Å². The predicted octanol–water partition coefficient (Wildman–Crippen LogP) is 5.10. The minimum atomic E-state index is -0.129. The van der Waals surface area contributed by atoms with Crippen molar-refractivity contribution in [2.45, 2.75) is 13.5 Å². The average molecular weight is 391 g/mol. The van der Waals surface area contributed by atoms with E-state index in [4.69, 9.17) is 32.4 Å². The number of halogens is 2. The van der Waals surface area contributed by atoms with Crippen LogP contribution < -0.4 is 4.74 Å². The van der Waals surface area contributed by atoms with Gasteiger partial charge in [-0.2, -0.15) is 5.10 Å². The zero-order chi connectivity index (χ0) is 18.7. The van der Waals surface area contributed by atoms with E-state index in [0.717, 1.165) is 0 Å². The lowest BCUT2D eigenvalue weighted by molar-refractivity contribution is 0.104. The fourth-order valence-corrected chi connectivity index (χ4v) is 2.72. The van der Waals surface area contributed by atoms with Gasteiger partial charge in [-0.3, -0.25) is 9.48 Å². The first kappa shape index (κ1) is 18.3. The molecule has 134 valence electrons. The summed E-state index contributed by atoms with van der Waals surface area (Å²) in [6.45, 7) is 1.99. The number of carbonyl (C=O) groups excluding carboxylic acids is 1. The molecule has 0 radical (unpaired) electrons. The second-order valence-electron chi connectivity index (χ2n) is 5.67. The number of nitrogens with zero attached hydrogens (tertiary/aromatic N) is 2. The Balaban J connectivity index is 1.63. The van der Waals surface area contributed by atoms with E-state index in [1.807, 2.05) is 0 Å². The highest BCUT2D eigenvalue weighted by Crippen LogP contribution is 2.28. The Bertz CT molecular complexity index is 973. The summed E-state index contributed by atoms with van der Waals surface area (Å²) in [7, 11) is 1.78. The van der Waals surface area contributed by atoms with Gasteiger partial charge in [0.2, 0.25) is 0 Å². The van der Waals surface area contributed by atoms with E-state index in [1.165, 1.54) is 6.08 Å². The maximum Gasteiger partial charge on any atom is 0.189 e. The van der Waals surface area contributed by atoms with E-state index in [1.54, 1.807) is 61.3 Å². The van der Waals surface area contributed by atoms with Crippen molar-refractivity contribution in [3.8, 4) is 5.75 Å². The minimum absolute atomic E-state index is 0.129. The van der Waals surface area contributed by atoms with Crippen LogP contribution in [0.2, 0.25) is 10.0 Å². The summed E-state index contributed by atoms with van der Waals surface area (Å²) in [5.41, 5.74) is 1.25. The largest absolute Gasteiger partial charge is 0.484 e. The van der Waals surface area contributed by atoms with Crippen LogP contribution >= 0.6 is 23.2 Å². The second-order valence-corrected chi connectivity index (χ2v) is 6.51. The van der Waals surface area contributed by atoms with Crippen LogP contribution in [-0.2, 0) is 13.7 Å². The predicted molar refractivity (Wildman–Crippen MR) is 101 cm³/mol. The monoisotopic (exact) mass is 390 g/mol. The van der Waals surface area contributed by atoms with Gasteiger partial charge in [-0.1, -0.05) is 23.2 Å². The molecule has 3 aromatic rings. The lowest BCUT2D eigenvalue weighted by Crippen LogP contribution is -1.94. The van der Waals surface area contributed by atoms with Crippen molar-refractivity contribution < 1.29 is 13.9 Å². The Kier molecular flexibility index (Phi) is 5.49. The molecular weight excluding hydrogens is 375 g/mol. The Morgan fingerprint density at radius 3 is 2.85 bits per heavy atom. The van der Waals surface area contributed by atoms with Crippen LogP contribution in [0.4, 0.5) is 0 Å². The molecule has 0 aliphatic heterocycles. The van der Waals surface area contributed by atoms with Crippen LogP contribution in [0.5, 0.6) is 5.75 Å². The molecule has 0 amide bonds. The van der Waals surface area contributed by atoms with Crippen molar-refractivity contribution in [3.05, 3.63) is 75.4 Å². The second kappa shape index (κ2) is 7.81. The third-order valence-corrected chi connectivity index (χ3v) is 4.17. The van der Waals surface area contributed by atoms with Gasteiger partial charge in [-0.05, 0) is 43.3 Å². The molecule has 0 aliphatic rings. The molecule has 7 heteroatoms. The van der Waals surface area contributed by atoms with E-state index < -0.39 is 0 Å². The molecule has 0 N–H and O–H groups in total. The van der Waals surface area contributed by atoms with Gasteiger partial charge in [0.1, 0.15) is 23.9 Å². The number of carbonyl (C=O) groups is 1. The molecule has 3 rings (SSSR count). The number of hydrogen-bond acceptors (Lipinski definition) is 4. The van der Waals surface area contributed by atoms with Gasteiger partial charge in [0.05, 0.1) is 16.3 Å². The molecular formula is C19H16Cl2N2O3. The number of ether oxygens (including phenoxy) is 1. The number of aromatic nitrogens is 2. The number of rotatable bonds is 6. The molecule has 0 atom stereocenters. The highest BCUT2D eigenvalue weighted by Gasteiger charge is 2.10. The highest BCUT2D eigenvalue weighted by molar-refractivity contribution is 6.34. The van der Waals surface area contributed by atoms with Crippen LogP contribution in [0.25, 0.3) is 6.08 Å². The van der Waals surface area contributed by atoms with Gasteiger partial charge in [-0.15, -0.1) is 0 Å². The molecule has 0 saturated carbocycles. The summed E-state index contributed by atoms with van der Waals surface area (Å²) in [5.74, 6) is 1.51. The normalized spacial score (nSPS) is 11.2. The molecule has 0 bridgehead atoms. The SMILES string of the molecule is Cc1nn(C)cc1C(=O)C=Cc1ccc(COc2cc(Cl)ccc2Cl)o1. The van der Waals surface area contributed by atoms with Crippen LogP contribution in [-0.4, -0.2) is 15.6 Å². The van der Waals surface area contributed by atoms with Crippen molar-refractivity contribution in [1.29, 1.82) is 0 Å². The molecule has 0 fully saturated rings. The van der Waals surface area contributed by atoms with Crippen LogP contribution in [0.1, 0.15) is 27.6 Å². The lowest BCUT2D eigenvalue weighted by Gasteiger charge is -2.06. The number of hydrogen-bond donors (Lipinski definition) is 0. The van der Waals surface area contributed by atoms with E-state index in [-0.39, 0.29) is 12.4 Å². The fraction of sp³-hybridized carbons (Fsp3) is 0.158. The Morgan fingerprint density at radius 1 is 1.31 bits per heavy atom. The first-order valence-electron chi connectivity index (χ1n) is 7.81. The molecule has 26 heavy (non-hydrogen) atoms. The third kappa shape index (κ3) is 4.36. The maximum atomic E-state index is 12.2. The van der Waals surface area contributed by atoms with Crippen molar-refractivity contribution in [2.24, 2.45) is 7.05 Å². The van der Waals surface area contributed by atoms with Gasteiger partial charge >= 0.3 is 0 Å². The topological polar surface area (TPSA) is 57.3 Å². The smallest absolute Gasteiger partial charge is 0.189 e. The minimum Gasteiger partial charge on any atom is -0.484 e. The van der Waals surface area contributed by atoms with E-state index in [9.17, 15) is 4.79 Å². The van der Waals surface area contributed by atoms with Gasteiger partial charge in [0.15, 0.2) is 5.78 Å². The van der Waals surface area contributed by atoms with Gasteiger partial charge in [0, 0.05) is 24.3 Å². The van der Waals surface area contributed by atoms with Crippen LogP contribution in [0.3, 0.4) is 0 Å². The van der Waals surface area contributed by atoms with Crippen LogP contribution in [0, 0.1) is 6.92 Å². The summed E-state index contributed by atoms with van der Waals surface area (Å²) in [6.07, 6.45) is 4.77. The summed E-state index contributed by atoms with van der Waals surface area (Å²) < 4.78 is 12.9. The molecule has 2 aromatic heterocycles. The zero-order valence-corrected chi connectivity index (χ0v) is 15.7. The number of benzene rings is 1. The summed E-state index contributed by atoms with van der Waals surface area (Å²) in [4.78, 5) is 12.2. The summed E-state index contributed by atoms with van der Waals surface area (Å²) in [6, 6.07) is 8.54. The Hall–Kier alpha value is -2.50. The van der Waals surface area contributed by atoms with Gasteiger partial charge in [-0.25, -0.2) is 0 Å². The van der Waals surface area contributed by atoms with Crippen molar-refractivity contribution >= 4 is 35.1 Å². The lowest BCUT2D eigenvalue weighted by atomic mass is 10.1. The highest BCUT2D eigenvalue weighted by atomic mass is 35.5. The fourth-order valence-electron chi connectivity index (χ4n) is 2.39. The standard InChI is InChI=1S/C19H16Cl2N2O3/c1-12-16(10-23(2)22-12)18(24)8-6-14-4-5-15(26-14)11-25-19-9-13(20)3-7-17(19)21/h3-10H,11H2,1-2H3. The first-order valence-corrected chi connectivity index (χ1v) is 8.57. The Labute approximate surface area is 160 Å². The quantitative estimate of drug-likeness (QED) is 0.433. The molecule has 0 spiro atoms. The number of aryl methyl sites for hydroxylation is 2.